The van der Waals surface area contributed by atoms with Gasteiger partial charge in [0.25, 0.3) is 5.91 Å². The maximum absolute atomic E-state index is 13.6. The second-order valence-electron chi connectivity index (χ2n) is 6.22. The van der Waals surface area contributed by atoms with Gasteiger partial charge < -0.3 is 20.1 Å². The van der Waals surface area contributed by atoms with Gasteiger partial charge in [0.2, 0.25) is 0 Å². The highest BCUT2D eigenvalue weighted by atomic mass is 19.1. The number of ether oxygens (including phenoxy) is 2. The standard InChI is InChI=1S/C22H22FN3O3/c1-28-20-10-8-16(13-21(20)29-2)26-22(27)19-9-7-17(14-25-19)24-12-11-15-5-3-4-6-18(15)23/h3-10,13-14,24H,11-12H2,1-2H3,(H,26,27). The zero-order valence-corrected chi connectivity index (χ0v) is 16.2. The van der Waals surface area contributed by atoms with Gasteiger partial charge in [0.05, 0.1) is 26.1 Å². The fourth-order valence-electron chi connectivity index (χ4n) is 2.78. The lowest BCUT2D eigenvalue weighted by Crippen LogP contribution is -2.14. The second kappa shape index (κ2) is 9.54. The Labute approximate surface area is 168 Å². The lowest BCUT2D eigenvalue weighted by atomic mass is 10.1. The van der Waals surface area contributed by atoms with E-state index in [1.807, 2.05) is 6.07 Å². The maximum atomic E-state index is 13.6. The Hall–Kier alpha value is -3.61. The first kappa shape index (κ1) is 20.1. The van der Waals surface area contributed by atoms with Crippen molar-refractivity contribution >= 4 is 17.3 Å². The van der Waals surface area contributed by atoms with Crippen molar-refractivity contribution < 1.29 is 18.7 Å². The van der Waals surface area contributed by atoms with Crippen LogP contribution in [0.1, 0.15) is 16.1 Å². The van der Waals surface area contributed by atoms with Crippen LogP contribution in [0.15, 0.2) is 60.8 Å². The topological polar surface area (TPSA) is 72.5 Å². The first-order valence-corrected chi connectivity index (χ1v) is 9.07. The Morgan fingerprint density at radius 3 is 2.45 bits per heavy atom. The van der Waals surface area contributed by atoms with Gasteiger partial charge in [-0.3, -0.25) is 4.79 Å². The van der Waals surface area contributed by atoms with Crippen molar-refractivity contribution in [2.45, 2.75) is 6.42 Å². The Bertz CT molecular complexity index is 977. The molecule has 29 heavy (non-hydrogen) atoms. The van der Waals surface area contributed by atoms with E-state index in [2.05, 4.69) is 15.6 Å². The molecule has 0 unspecified atom stereocenters. The zero-order chi connectivity index (χ0) is 20.6. The predicted octanol–water partition coefficient (Wildman–Crippen LogP) is 4.14. The number of pyridine rings is 1. The highest BCUT2D eigenvalue weighted by Crippen LogP contribution is 2.29. The maximum Gasteiger partial charge on any atom is 0.274 e. The Morgan fingerprint density at radius 1 is 1.00 bits per heavy atom. The molecule has 0 fully saturated rings. The summed E-state index contributed by atoms with van der Waals surface area (Å²) >= 11 is 0. The molecule has 0 radical (unpaired) electrons. The molecule has 7 heteroatoms. The van der Waals surface area contributed by atoms with Crippen LogP contribution >= 0.6 is 0 Å². The van der Waals surface area contributed by atoms with E-state index in [9.17, 15) is 9.18 Å². The average Bonchev–Trinajstić information content (AvgIpc) is 2.75. The third-order valence-corrected chi connectivity index (χ3v) is 4.32. The summed E-state index contributed by atoms with van der Waals surface area (Å²) in [6, 6.07) is 15.2. The number of benzene rings is 2. The van der Waals surface area contributed by atoms with Crippen LogP contribution in [0.25, 0.3) is 0 Å². The van der Waals surface area contributed by atoms with E-state index in [1.54, 1.807) is 55.8 Å². The minimum absolute atomic E-state index is 0.213. The Balaban J connectivity index is 1.56. The molecule has 1 heterocycles. The number of nitrogens with zero attached hydrogens (tertiary/aromatic N) is 1. The lowest BCUT2D eigenvalue weighted by molar-refractivity contribution is 0.102. The number of aromatic nitrogens is 1. The van der Waals surface area contributed by atoms with Gasteiger partial charge in [-0.15, -0.1) is 0 Å². The zero-order valence-electron chi connectivity index (χ0n) is 16.2. The SMILES string of the molecule is COc1ccc(NC(=O)c2ccc(NCCc3ccccc3F)cn2)cc1OC. The van der Waals surface area contributed by atoms with E-state index >= 15 is 0 Å². The molecule has 3 rings (SSSR count). The van der Waals surface area contributed by atoms with E-state index in [0.717, 1.165) is 5.69 Å². The van der Waals surface area contributed by atoms with Crippen molar-refractivity contribution in [3.63, 3.8) is 0 Å². The minimum atomic E-state index is -0.338. The van der Waals surface area contributed by atoms with Gasteiger partial charge in [0.1, 0.15) is 11.5 Å². The highest BCUT2D eigenvalue weighted by Gasteiger charge is 2.10. The number of anilines is 2. The molecule has 0 bridgehead atoms. The van der Waals surface area contributed by atoms with Gasteiger partial charge in [-0.2, -0.15) is 0 Å². The third-order valence-electron chi connectivity index (χ3n) is 4.32. The predicted molar refractivity (Wildman–Crippen MR) is 110 cm³/mol. The van der Waals surface area contributed by atoms with E-state index in [1.165, 1.54) is 13.2 Å². The van der Waals surface area contributed by atoms with Crippen molar-refractivity contribution in [2.75, 3.05) is 31.4 Å². The summed E-state index contributed by atoms with van der Waals surface area (Å²) < 4.78 is 24.0. The summed E-state index contributed by atoms with van der Waals surface area (Å²) in [5, 5.41) is 5.95. The lowest BCUT2D eigenvalue weighted by Gasteiger charge is -2.11. The summed E-state index contributed by atoms with van der Waals surface area (Å²) in [4.78, 5) is 16.6. The number of nitrogens with one attached hydrogen (secondary N) is 2. The van der Waals surface area contributed by atoms with Gasteiger partial charge in [-0.25, -0.2) is 9.37 Å². The van der Waals surface area contributed by atoms with Gasteiger partial charge in [0.15, 0.2) is 11.5 Å². The monoisotopic (exact) mass is 395 g/mol. The molecule has 0 atom stereocenters. The molecule has 0 aliphatic heterocycles. The smallest absolute Gasteiger partial charge is 0.274 e. The van der Waals surface area contributed by atoms with Crippen LogP contribution in [0.3, 0.4) is 0 Å². The van der Waals surface area contributed by atoms with E-state index in [4.69, 9.17) is 9.47 Å². The van der Waals surface area contributed by atoms with Gasteiger partial charge in [-0.1, -0.05) is 18.2 Å². The number of hydrogen-bond donors (Lipinski definition) is 2. The molecule has 2 aromatic carbocycles. The number of carbonyl (C=O) groups is 1. The van der Waals surface area contributed by atoms with Crippen LogP contribution in [-0.4, -0.2) is 31.7 Å². The van der Waals surface area contributed by atoms with Crippen molar-refractivity contribution in [3.8, 4) is 11.5 Å². The number of rotatable bonds is 8. The molecular weight excluding hydrogens is 373 g/mol. The van der Waals surface area contributed by atoms with E-state index < -0.39 is 0 Å². The fourth-order valence-corrected chi connectivity index (χ4v) is 2.78. The number of amides is 1. The summed E-state index contributed by atoms with van der Waals surface area (Å²) in [6.07, 6.45) is 2.12. The van der Waals surface area contributed by atoms with Crippen LogP contribution in [-0.2, 0) is 6.42 Å². The number of carbonyl (C=O) groups excluding carboxylic acids is 1. The third kappa shape index (κ3) is 5.22. The number of hydrogen-bond acceptors (Lipinski definition) is 5. The summed E-state index contributed by atoms with van der Waals surface area (Å²) in [6.45, 7) is 0.555. The second-order valence-corrected chi connectivity index (χ2v) is 6.22. The summed E-state index contributed by atoms with van der Waals surface area (Å²) in [5.41, 5.74) is 2.25. The summed E-state index contributed by atoms with van der Waals surface area (Å²) in [7, 11) is 3.08. The van der Waals surface area contributed by atoms with Crippen LogP contribution in [0.5, 0.6) is 11.5 Å². The molecule has 6 nitrogen and oxygen atoms in total. The molecule has 150 valence electrons. The minimum Gasteiger partial charge on any atom is -0.493 e. The van der Waals surface area contributed by atoms with Crippen LogP contribution in [0.4, 0.5) is 15.8 Å². The van der Waals surface area contributed by atoms with Crippen molar-refractivity contribution in [2.24, 2.45) is 0 Å². The molecule has 1 aromatic heterocycles. The van der Waals surface area contributed by atoms with Crippen LogP contribution in [0.2, 0.25) is 0 Å². The van der Waals surface area contributed by atoms with Crippen LogP contribution in [0, 0.1) is 5.82 Å². The van der Waals surface area contributed by atoms with Crippen molar-refractivity contribution in [3.05, 3.63) is 77.9 Å². The first-order chi connectivity index (χ1) is 14.1. The molecule has 3 aromatic rings. The number of methoxy groups -OCH3 is 2. The van der Waals surface area contributed by atoms with Gasteiger partial charge in [-0.05, 0) is 42.3 Å². The molecule has 1 amide bonds. The quantitative estimate of drug-likeness (QED) is 0.600. The highest BCUT2D eigenvalue weighted by molar-refractivity contribution is 6.03. The molecule has 0 saturated carbocycles. The molecular formula is C22H22FN3O3. The van der Waals surface area contributed by atoms with Gasteiger partial charge in [0, 0.05) is 18.3 Å². The fraction of sp³-hybridized carbons (Fsp3) is 0.182. The Morgan fingerprint density at radius 2 is 1.76 bits per heavy atom. The normalized spacial score (nSPS) is 10.3. The molecule has 0 aliphatic carbocycles. The Kier molecular flexibility index (Phi) is 6.63. The molecule has 0 saturated heterocycles. The van der Waals surface area contributed by atoms with E-state index in [0.29, 0.717) is 35.7 Å². The average molecular weight is 395 g/mol. The number of halogens is 1. The molecule has 0 aliphatic rings. The van der Waals surface area contributed by atoms with Crippen molar-refractivity contribution in [1.29, 1.82) is 0 Å². The van der Waals surface area contributed by atoms with E-state index in [-0.39, 0.29) is 17.4 Å². The first-order valence-electron chi connectivity index (χ1n) is 9.07. The summed E-state index contributed by atoms with van der Waals surface area (Å²) in [5.74, 6) is 0.548. The molecule has 2 N–H and O–H groups in total. The molecule has 0 spiro atoms. The largest absolute Gasteiger partial charge is 0.493 e. The van der Waals surface area contributed by atoms with Crippen LogP contribution < -0.4 is 20.1 Å². The van der Waals surface area contributed by atoms with Gasteiger partial charge >= 0.3 is 0 Å². The van der Waals surface area contributed by atoms with Crippen molar-refractivity contribution in [1.82, 2.24) is 4.98 Å².